The first-order valence-corrected chi connectivity index (χ1v) is 5.32. The van der Waals surface area contributed by atoms with Gasteiger partial charge in [-0.05, 0) is 24.9 Å². The molecule has 0 aromatic heterocycles. The molecular weight excluding hydrogens is 162 g/mol. The van der Waals surface area contributed by atoms with E-state index < -0.39 is 0 Å². The fraction of sp³-hybridized carbons (Fsp3) is 1.00. The number of hydrogen-bond acceptors (Lipinski definition) is 2. The van der Waals surface area contributed by atoms with Gasteiger partial charge >= 0.3 is 0 Å². The van der Waals surface area contributed by atoms with Crippen molar-refractivity contribution in [3.8, 4) is 0 Å². The average molecular weight is 187 g/mol. The van der Waals surface area contributed by atoms with Crippen LogP contribution in [-0.2, 0) is 0 Å². The van der Waals surface area contributed by atoms with Crippen molar-refractivity contribution < 1.29 is 5.11 Å². The second-order valence-electron chi connectivity index (χ2n) is 4.70. The van der Waals surface area contributed by atoms with E-state index in [9.17, 15) is 5.11 Å². The van der Waals surface area contributed by atoms with Crippen LogP contribution in [0.1, 0.15) is 41.0 Å². The molecule has 1 atom stereocenters. The van der Waals surface area contributed by atoms with Crippen LogP contribution in [0.5, 0.6) is 0 Å². The van der Waals surface area contributed by atoms with Gasteiger partial charge in [-0.2, -0.15) is 0 Å². The molecule has 0 amide bonds. The molecule has 2 nitrogen and oxygen atoms in total. The normalized spacial score (nSPS) is 15.0. The van der Waals surface area contributed by atoms with Gasteiger partial charge in [-0.3, -0.25) is 0 Å². The van der Waals surface area contributed by atoms with Gasteiger partial charge in [-0.15, -0.1) is 0 Å². The van der Waals surface area contributed by atoms with Crippen LogP contribution in [0.25, 0.3) is 0 Å². The Labute approximate surface area is 82.9 Å². The molecule has 0 heterocycles. The molecule has 2 heteroatoms. The Morgan fingerprint density at radius 2 is 1.62 bits per heavy atom. The van der Waals surface area contributed by atoms with Crippen LogP contribution in [0.3, 0.4) is 0 Å². The Balaban J connectivity index is 3.75. The molecule has 0 aromatic rings. The predicted octanol–water partition coefficient (Wildman–Crippen LogP) is 2.13. The topological polar surface area (TPSA) is 23.5 Å². The quantitative estimate of drug-likeness (QED) is 0.712. The zero-order chi connectivity index (χ0) is 10.5. The summed E-state index contributed by atoms with van der Waals surface area (Å²) in [6.45, 7) is 13.7. The van der Waals surface area contributed by atoms with E-state index in [1.165, 1.54) is 0 Å². The fourth-order valence-electron chi connectivity index (χ4n) is 1.28. The molecule has 0 saturated carbocycles. The largest absolute Gasteiger partial charge is 0.393 e. The van der Waals surface area contributed by atoms with Gasteiger partial charge in [-0.1, -0.05) is 34.6 Å². The van der Waals surface area contributed by atoms with E-state index in [4.69, 9.17) is 0 Å². The fourth-order valence-corrected chi connectivity index (χ4v) is 1.28. The first kappa shape index (κ1) is 12.9. The Hall–Kier alpha value is -0.0800. The highest BCUT2D eigenvalue weighted by Gasteiger charge is 2.21. The zero-order valence-corrected chi connectivity index (χ0v) is 9.80. The van der Waals surface area contributed by atoms with Gasteiger partial charge in [0.15, 0.2) is 0 Å². The molecule has 0 saturated heterocycles. The van der Waals surface area contributed by atoms with E-state index in [2.05, 4.69) is 39.5 Å². The van der Waals surface area contributed by atoms with Crippen LogP contribution in [0, 0.1) is 5.41 Å². The second kappa shape index (κ2) is 5.61. The summed E-state index contributed by atoms with van der Waals surface area (Å²) in [6.07, 6.45) is 0.693. The zero-order valence-electron chi connectivity index (χ0n) is 9.80. The summed E-state index contributed by atoms with van der Waals surface area (Å²) < 4.78 is 0. The molecule has 0 aliphatic heterocycles. The standard InChI is InChI=1S/C11H25NO/c1-6-12(7-2)9-8-10(13)11(3,4)5/h10,13H,6-9H2,1-5H3. The van der Waals surface area contributed by atoms with E-state index in [0.717, 1.165) is 26.1 Å². The Bertz CT molecular complexity index is 125. The number of aliphatic hydroxyl groups is 1. The molecule has 0 spiro atoms. The first-order valence-electron chi connectivity index (χ1n) is 5.32. The summed E-state index contributed by atoms with van der Waals surface area (Å²) in [5.41, 5.74) is 0.0210. The maximum absolute atomic E-state index is 9.80. The molecule has 0 rings (SSSR count). The lowest BCUT2D eigenvalue weighted by Crippen LogP contribution is -2.32. The second-order valence-corrected chi connectivity index (χ2v) is 4.70. The van der Waals surface area contributed by atoms with Crippen LogP contribution >= 0.6 is 0 Å². The minimum absolute atomic E-state index is 0.0210. The molecule has 0 aromatic carbocycles. The molecule has 13 heavy (non-hydrogen) atoms. The van der Waals surface area contributed by atoms with Crippen molar-refractivity contribution in [1.29, 1.82) is 0 Å². The summed E-state index contributed by atoms with van der Waals surface area (Å²) in [5.74, 6) is 0. The van der Waals surface area contributed by atoms with E-state index >= 15 is 0 Å². The highest BCUT2D eigenvalue weighted by molar-refractivity contribution is 4.73. The number of nitrogens with zero attached hydrogens (tertiary/aromatic N) is 1. The molecule has 0 aliphatic rings. The average Bonchev–Trinajstić information content (AvgIpc) is 2.04. The van der Waals surface area contributed by atoms with Gasteiger partial charge in [0.1, 0.15) is 0 Å². The lowest BCUT2D eigenvalue weighted by atomic mass is 9.87. The van der Waals surface area contributed by atoms with E-state index in [-0.39, 0.29) is 11.5 Å². The van der Waals surface area contributed by atoms with Crippen molar-refractivity contribution in [1.82, 2.24) is 4.90 Å². The van der Waals surface area contributed by atoms with Crippen molar-refractivity contribution in [3.63, 3.8) is 0 Å². The van der Waals surface area contributed by atoms with E-state index in [1.54, 1.807) is 0 Å². The summed E-state index contributed by atoms with van der Waals surface area (Å²) in [6, 6.07) is 0. The summed E-state index contributed by atoms with van der Waals surface area (Å²) in [7, 11) is 0. The lowest BCUT2D eigenvalue weighted by molar-refractivity contribution is 0.0466. The van der Waals surface area contributed by atoms with Crippen molar-refractivity contribution in [2.75, 3.05) is 19.6 Å². The number of hydrogen-bond donors (Lipinski definition) is 1. The van der Waals surface area contributed by atoms with Crippen LogP contribution in [-0.4, -0.2) is 35.7 Å². The number of rotatable bonds is 5. The Morgan fingerprint density at radius 1 is 1.15 bits per heavy atom. The minimum Gasteiger partial charge on any atom is -0.393 e. The SMILES string of the molecule is CCN(CC)CCC(O)C(C)(C)C. The Kier molecular flexibility index (Phi) is 5.57. The van der Waals surface area contributed by atoms with E-state index in [0.29, 0.717) is 0 Å². The van der Waals surface area contributed by atoms with Crippen molar-refractivity contribution >= 4 is 0 Å². The molecule has 0 bridgehead atoms. The molecule has 0 aliphatic carbocycles. The lowest BCUT2D eigenvalue weighted by Gasteiger charge is -2.28. The summed E-state index contributed by atoms with van der Waals surface area (Å²) in [4.78, 5) is 2.34. The maximum atomic E-state index is 9.80. The monoisotopic (exact) mass is 187 g/mol. The Morgan fingerprint density at radius 3 is 1.92 bits per heavy atom. The maximum Gasteiger partial charge on any atom is 0.0600 e. The van der Waals surface area contributed by atoms with Gasteiger partial charge in [-0.25, -0.2) is 0 Å². The molecule has 1 N–H and O–H groups in total. The summed E-state index contributed by atoms with van der Waals surface area (Å²) in [5, 5.41) is 9.80. The molecule has 1 unspecified atom stereocenters. The van der Waals surface area contributed by atoms with Crippen molar-refractivity contribution in [3.05, 3.63) is 0 Å². The third kappa shape index (κ3) is 5.27. The predicted molar refractivity (Wildman–Crippen MR) is 57.9 cm³/mol. The van der Waals surface area contributed by atoms with Gasteiger partial charge < -0.3 is 10.0 Å². The van der Waals surface area contributed by atoms with E-state index in [1.807, 2.05) is 0 Å². The molecule has 80 valence electrons. The van der Waals surface area contributed by atoms with Crippen LogP contribution in [0.4, 0.5) is 0 Å². The highest BCUT2D eigenvalue weighted by Crippen LogP contribution is 2.21. The van der Waals surface area contributed by atoms with Crippen LogP contribution in [0.15, 0.2) is 0 Å². The summed E-state index contributed by atoms with van der Waals surface area (Å²) >= 11 is 0. The van der Waals surface area contributed by atoms with Gasteiger partial charge in [0.2, 0.25) is 0 Å². The van der Waals surface area contributed by atoms with Crippen molar-refractivity contribution in [2.24, 2.45) is 5.41 Å². The highest BCUT2D eigenvalue weighted by atomic mass is 16.3. The van der Waals surface area contributed by atoms with Crippen LogP contribution < -0.4 is 0 Å². The number of aliphatic hydroxyl groups excluding tert-OH is 1. The minimum atomic E-state index is -0.187. The first-order chi connectivity index (χ1) is 5.91. The van der Waals surface area contributed by atoms with Gasteiger partial charge in [0.05, 0.1) is 6.10 Å². The smallest absolute Gasteiger partial charge is 0.0600 e. The van der Waals surface area contributed by atoms with Crippen LogP contribution in [0.2, 0.25) is 0 Å². The molecule has 0 radical (unpaired) electrons. The van der Waals surface area contributed by atoms with Crippen molar-refractivity contribution in [2.45, 2.75) is 47.1 Å². The van der Waals surface area contributed by atoms with Gasteiger partial charge in [0.25, 0.3) is 0 Å². The molecule has 0 fully saturated rings. The third-order valence-electron chi connectivity index (χ3n) is 2.61. The molecular formula is C11H25NO. The van der Waals surface area contributed by atoms with Gasteiger partial charge in [0, 0.05) is 6.54 Å². The third-order valence-corrected chi connectivity index (χ3v) is 2.61.